The summed E-state index contributed by atoms with van der Waals surface area (Å²) in [6, 6.07) is 8.83. The number of nitrogens with zero attached hydrogens (tertiary/aromatic N) is 3. The van der Waals surface area contributed by atoms with E-state index in [1.165, 1.54) is 18.4 Å². The van der Waals surface area contributed by atoms with Crippen LogP contribution in [0.15, 0.2) is 29.3 Å². The second-order valence-electron chi connectivity index (χ2n) is 8.92. The van der Waals surface area contributed by atoms with Crippen molar-refractivity contribution in [3.8, 4) is 5.75 Å². The van der Waals surface area contributed by atoms with Gasteiger partial charge in [-0.15, -0.1) is 0 Å². The van der Waals surface area contributed by atoms with Crippen LogP contribution in [0.2, 0.25) is 0 Å². The molecule has 3 N–H and O–H groups in total. The highest BCUT2D eigenvalue weighted by molar-refractivity contribution is 5.80. The van der Waals surface area contributed by atoms with E-state index < -0.39 is 0 Å². The predicted molar refractivity (Wildman–Crippen MR) is 125 cm³/mol. The highest BCUT2D eigenvalue weighted by Gasteiger charge is 2.31. The zero-order valence-electron chi connectivity index (χ0n) is 19.3. The predicted octanol–water partition coefficient (Wildman–Crippen LogP) is 2.63. The minimum atomic E-state index is -0.207. The fourth-order valence-corrected chi connectivity index (χ4v) is 5.12. The van der Waals surface area contributed by atoms with E-state index in [0.29, 0.717) is 24.3 Å². The summed E-state index contributed by atoms with van der Waals surface area (Å²) in [5.41, 5.74) is 6.77. The number of nitrogens with two attached hydrogens (primary N) is 1. The molecule has 2 heterocycles. The van der Waals surface area contributed by atoms with Crippen LogP contribution < -0.4 is 15.8 Å². The third kappa shape index (κ3) is 6.35. The second-order valence-corrected chi connectivity index (χ2v) is 8.92. The fraction of sp³-hybridized carbons (Fsp3) is 0.667. The summed E-state index contributed by atoms with van der Waals surface area (Å²) in [6.45, 7) is 6.67. The molecule has 0 bridgehead atoms. The lowest BCUT2D eigenvalue weighted by molar-refractivity contribution is -0.119. The molecule has 1 aromatic carbocycles. The molecule has 31 heavy (non-hydrogen) atoms. The van der Waals surface area contributed by atoms with Crippen molar-refractivity contribution in [3.05, 3.63) is 29.8 Å². The standard InChI is InChI=1S/C24H39N5O2/c1-4-26-24(29-14-5-7-18(17-29)15-22(25)30)27-16-20-8-6-13-28(2)23(20)19-9-11-21(31-3)12-10-19/h9-12,18,20,23H,4-8,13-17H2,1-3H3,(H2,25,30)(H,26,27). The topological polar surface area (TPSA) is 83.2 Å². The number of piperidine rings is 2. The Bertz CT molecular complexity index is 736. The molecule has 7 nitrogen and oxygen atoms in total. The second kappa shape index (κ2) is 11.4. The van der Waals surface area contributed by atoms with Gasteiger partial charge in [-0.25, -0.2) is 0 Å². The van der Waals surface area contributed by atoms with E-state index in [2.05, 4.69) is 53.4 Å². The third-order valence-corrected chi connectivity index (χ3v) is 6.58. The van der Waals surface area contributed by atoms with E-state index in [0.717, 1.165) is 57.3 Å². The quantitative estimate of drug-likeness (QED) is 0.514. The normalized spacial score (nSPS) is 25.3. The number of primary amides is 1. The van der Waals surface area contributed by atoms with Crippen LogP contribution in [0.4, 0.5) is 0 Å². The van der Waals surface area contributed by atoms with Gasteiger partial charge < -0.3 is 20.7 Å². The van der Waals surface area contributed by atoms with E-state index in [1.807, 2.05) is 0 Å². The Morgan fingerprint density at radius 2 is 1.97 bits per heavy atom. The molecule has 0 aromatic heterocycles. The maximum absolute atomic E-state index is 11.4. The van der Waals surface area contributed by atoms with Gasteiger partial charge in [0.2, 0.25) is 5.91 Å². The number of carbonyl (C=O) groups is 1. The molecule has 1 aromatic rings. The number of amides is 1. The van der Waals surface area contributed by atoms with E-state index >= 15 is 0 Å². The van der Waals surface area contributed by atoms with Crippen molar-refractivity contribution in [1.82, 2.24) is 15.1 Å². The molecule has 3 atom stereocenters. The average Bonchev–Trinajstić information content (AvgIpc) is 2.76. The number of guanidine groups is 1. The molecule has 0 saturated carbocycles. The summed E-state index contributed by atoms with van der Waals surface area (Å²) in [4.78, 5) is 21.2. The van der Waals surface area contributed by atoms with Crippen LogP contribution in [0, 0.1) is 11.8 Å². The van der Waals surface area contributed by atoms with Gasteiger partial charge in [-0.05, 0) is 75.7 Å². The van der Waals surface area contributed by atoms with Crippen LogP contribution in [-0.2, 0) is 4.79 Å². The number of hydrogen-bond acceptors (Lipinski definition) is 4. The summed E-state index contributed by atoms with van der Waals surface area (Å²) in [6.07, 6.45) is 4.97. The number of nitrogens with one attached hydrogen (secondary N) is 1. The molecule has 7 heteroatoms. The first-order valence-electron chi connectivity index (χ1n) is 11.7. The van der Waals surface area contributed by atoms with Gasteiger partial charge in [0, 0.05) is 38.6 Å². The van der Waals surface area contributed by atoms with Gasteiger partial charge in [0.25, 0.3) is 0 Å². The maximum Gasteiger partial charge on any atom is 0.217 e. The first kappa shape index (κ1) is 23.4. The number of methoxy groups -OCH3 is 1. The average molecular weight is 430 g/mol. The van der Waals surface area contributed by atoms with Gasteiger partial charge in [-0.3, -0.25) is 14.7 Å². The molecule has 1 amide bonds. The zero-order chi connectivity index (χ0) is 22.2. The largest absolute Gasteiger partial charge is 0.497 e. The first-order valence-corrected chi connectivity index (χ1v) is 11.7. The van der Waals surface area contributed by atoms with Crippen molar-refractivity contribution in [2.75, 3.05) is 46.9 Å². The number of carbonyl (C=O) groups excluding carboxylic acids is 1. The molecule has 172 valence electrons. The highest BCUT2D eigenvalue weighted by atomic mass is 16.5. The highest BCUT2D eigenvalue weighted by Crippen LogP contribution is 2.36. The molecule has 2 aliphatic heterocycles. The van der Waals surface area contributed by atoms with E-state index in [4.69, 9.17) is 15.5 Å². The molecule has 3 unspecified atom stereocenters. The summed E-state index contributed by atoms with van der Waals surface area (Å²) in [5, 5.41) is 3.48. The number of hydrogen-bond donors (Lipinski definition) is 2. The van der Waals surface area contributed by atoms with E-state index in [1.54, 1.807) is 7.11 Å². The number of aliphatic imine (C=N–C) groups is 1. The Morgan fingerprint density at radius 3 is 2.65 bits per heavy atom. The fourth-order valence-electron chi connectivity index (χ4n) is 5.12. The van der Waals surface area contributed by atoms with E-state index in [9.17, 15) is 4.79 Å². The van der Waals surface area contributed by atoms with Gasteiger partial charge >= 0.3 is 0 Å². The minimum Gasteiger partial charge on any atom is -0.497 e. The summed E-state index contributed by atoms with van der Waals surface area (Å²) in [5.74, 6) is 2.44. The lowest BCUT2D eigenvalue weighted by Gasteiger charge is -2.39. The Kier molecular flexibility index (Phi) is 8.58. The number of likely N-dealkylation sites (tertiary alicyclic amines) is 2. The van der Waals surface area contributed by atoms with Crippen LogP contribution in [0.25, 0.3) is 0 Å². The van der Waals surface area contributed by atoms with Crippen molar-refractivity contribution in [2.24, 2.45) is 22.6 Å². The van der Waals surface area contributed by atoms with Crippen LogP contribution in [0.3, 0.4) is 0 Å². The number of ether oxygens (including phenoxy) is 1. The number of benzene rings is 1. The van der Waals surface area contributed by atoms with Gasteiger partial charge in [0.1, 0.15) is 5.75 Å². The van der Waals surface area contributed by atoms with Gasteiger partial charge in [-0.1, -0.05) is 12.1 Å². The van der Waals surface area contributed by atoms with Crippen LogP contribution in [0.1, 0.15) is 50.6 Å². The van der Waals surface area contributed by atoms with Gasteiger partial charge in [-0.2, -0.15) is 0 Å². The SMILES string of the molecule is CCNC(=NCC1CCCN(C)C1c1ccc(OC)cc1)N1CCCC(CC(N)=O)C1. The third-order valence-electron chi connectivity index (χ3n) is 6.58. The van der Waals surface area contributed by atoms with Crippen LogP contribution >= 0.6 is 0 Å². The summed E-state index contributed by atoms with van der Waals surface area (Å²) < 4.78 is 5.34. The van der Waals surface area contributed by atoms with Crippen LogP contribution in [0.5, 0.6) is 5.75 Å². The Labute approximate surface area is 187 Å². The Balaban J connectivity index is 1.73. The smallest absolute Gasteiger partial charge is 0.217 e. The Morgan fingerprint density at radius 1 is 1.23 bits per heavy atom. The van der Waals surface area contributed by atoms with Gasteiger partial charge in [0.05, 0.1) is 7.11 Å². The zero-order valence-corrected chi connectivity index (χ0v) is 19.3. The molecule has 3 rings (SSSR count). The van der Waals surface area contributed by atoms with Crippen molar-refractivity contribution in [1.29, 1.82) is 0 Å². The molecular formula is C24H39N5O2. The van der Waals surface area contributed by atoms with Gasteiger partial charge in [0.15, 0.2) is 5.96 Å². The molecule has 0 spiro atoms. The molecule has 2 aliphatic rings. The summed E-state index contributed by atoms with van der Waals surface area (Å²) >= 11 is 0. The molecule has 2 saturated heterocycles. The molecular weight excluding hydrogens is 390 g/mol. The van der Waals surface area contributed by atoms with Crippen molar-refractivity contribution in [3.63, 3.8) is 0 Å². The number of rotatable bonds is 7. The van der Waals surface area contributed by atoms with Crippen molar-refractivity contribution < 1.29 is 9.53 Å². The molecule has 0 radical (unpaired) electrons. The Hall–Kier alpha value is -2.28. The van der Waals surface area contributed by atoms with Crippen molar-refractivity contribution >= 4 is 11.9 Å². The molecule has 0 aliphatic carbocycles. The monoisotopic (exact) mass is 429 g/mol. The lowest BCUT2D eigenvalue weighted by atomic mass is 9.85. The van der Waals surface area contributed by atoms with Crippen LogP contribution in [-0.4, -0.2) is 68.5 Å². The van der Waals surface area contributed by atoms with Crippen molar-refractivity contribution in [2.45, 2.75) is 45.1 Å². The summed E-state index contributed by atoms with van der Waals surface area (Å²) in [7, 11) is 3.92. The molecule has 2 fully saturated rings. The first-order chi connectivity index (χ1) is 15.0. The maximum atomic E-state index is 11.4. The minimum absolute atomic E-state index is 0.207. The van der Waals surface area contributed by atoms with E-state index in [-0.39, 0.29) is 5.91 Å². The lowest BCUT2D eigenvalue weighted by Crippen LogP contribution is -2.47.